The number of carbonyl (C=O) groups is 2. The molecule has 214 valence electrons. The van der Waals surface area contributed by atoms with E-state index in [2.05, 4.69) is 5.32 Å². The van der Waals surface area contributed by atoms with Crippen LogP contribution < -0.4 is 14.4 Å². The van der Waals surface area contributed by atoms with Crippen LogP contribution in [0.2, 0.25) is 5.02 Å². The summed E-state index contributed by atoms with van der Waals surface area (Å²) in [6.07, 6.45) is 0.342. The summed E-state index contributed by atoms with van der Waals surface area (Å²) >= 11 is 6.38. The average Bonchev–Trinajstić information content (AvgIpc) is 2.93. The van der Waals surface area contributed by atoms with Crippen LogP contribution in [-0.4, -0.2) is 51.4 Å². The summed E-state index contributed by atoms with van der Waals surface area (Å²) in [5.74, 6) is -0.177. The normalized spacial score (nSPS) is 11.9. The zero-order chi connectivity index (χ0) is 29.4. The number of aryl methyl sites for hydroxylation is 2. The van der Waals surface area contributed by atoms with Gasteiger partial charge in [-0.15, -0.1) is 0 Å². The second-order valence-corrected chi connectivity index (χ2v) is 11.7. The van der Waals surface area contributed by atoms with Crippen molar-refractivity contribution in [2.45, 2.75) is 51.6 Å². The molecule has 0 unspecified atom stereocenters. The van der Waals surface area contributed by atoms with Gasteiger partial charge in [0.15, 0.2) is 0 Å². The van der Waals surface area contributed by atoms with Gasteiger partial charge in [0.05, 0.1) is 17.7 Å². The predicted octanol–water partition coefficient (Wildman–Crippen LogP) is 5.10. The number of hydrogen-bond donors (Lipinski definition) is 1. The van der Waals surface area contributed by atoms with E-state index >= 15 is 0 Å². The van der Waals surface area contributed by atoms with Crippen LogP contribution in [0.1, 0.15) is 37.0 Å². The molecule has 1 N–H and O–H groups in total. The first kappa shape index (κ1) is 31.0. The minimum atomic E-state index is -4.16. The van der Waals surface area contributed by atoms with E-state index in [1.54, 1.807) is 50.4 Å². The van der Waals surface area contributed by atoms with Crippen molar-refractivity contribution >= 4 is 39.1 Å². The summed E-state index contributed by atoms with van der Waals surface area (Å²) in [5, 5.41) is 3.17. The van der Waals surface area contributed by atoms with Gasteiger partial charge < -0.3 is 15.0 Å². The average molecular weight is 586 g/mol. The quantitative estimate of drug-likeness (QED) is 0.319. The Bertz CT molecular complexity index is 1430. The summed E-state index contributed by atoms with van der Waals surface area (Å²) in [5.41, 5.74) is 2.69. The molecule has 40 heavy (non-hydrogen) atoms. The van der Waals surface area contributed by atoms with Gasteiger partial charge in [-0.25, -0.2) is 8.42 Å². The molecule has 0 saturated heterocycles. The largest absolute Gasteiger partial charge is 0.497 e. The van der Waals surface area contributed by atoms with Gasteiger partial charge in [-0.05, 0) is 74.7 Å². The van der Waals surface area contributed by atoms with Gasteiger partial charge in [0.1, 0.15) is 18.3 Å². The van der Waals surface area contributed by atoms with Crippen LogP contribution in [0.25, 0.3) is 0 Å². The van der Waals surface area contributed by atoms with Crippen molar-refractivity contribution in [1.29, 1.82) is 0 Å². The van der Waals surface area contributed by atoms with Crippen molar-refractivity contribution in [2.24, 2.45) is 0 Å². The molecule has 0 aromatic heterocycles. The van der Waals surface area contributed by atoms with Crippen molar-refractivity contribution < 1.29 is 22.7 Å². The Kier molecular flexibility index (Phi) is 10.6. The number of methoxy groups -OCH3 is 1. The van der Waals surface area contributed by atoms with Crippen molar-refractivity contribution in [2.75, 3.05) is 24.5 Å². The fraction of sp³-hybridized carbons (Fsp3) is 0.333. The standard InChI is InChI=1S/C30H36ClN3O5S/c1-6-28(30(36)32-7-2)33(19-23-11-14-25(39-5)15-12-23)29(35)20-34(24-13-10-22(4)27(31)18-24)40(37,38)26-16-8-21(3)9-17-26/h8-18,28H,6-7,19-20H2,1-5H3,(H,32,36)/t28-/m1/s1. The molecule has 2 amide bonds. The Morgan fingerprint density at radius 1 is 0.975 bits per heavy atom. The van der Waals surface area contributed by atoms with Gasteiger partial charge in [0, 0.05) is 18.1 Å². The Hall–Kier alpha value is -3.56. The number of rotatable bonds is 12. The van der Waals surface area contributed by atoms with Crippen LogP contribution in [0, 0.1) is 13.8 Å². The van der Waals surface area contributed by atoms with Crippen LogP contribution in [0.5, 0.6) is 5.75 Å². The smallest absolute Gasteiger partial charge is 0.264 e. The number of benzene rings is 3. The molecule has 0 aliphatic carbocycles. The molecule has 0 aliphatic rings. The number of amides is 2. The van der Waals surface area contributed by atoms with E-state index < -0.39 is 28.5 Å². The molecule has 0 aliphatic heterocycles. The van der Waals surface area contributed by atoms with Crippen molar-refractivity contribution in [3.8, 4) is 5.75 Å². The van der Waals surface area contributed by atoms with Crippen LogP contribution in [-0.2, 0) is 26.2 Å². The number of sulfonamides is 1. The zero-order valence-electron chi connectivity index (χ0n) is 23.5. The highest BCUT2D eigenvalue weighted by molar-refractivity contribution is 7.92. The number of anilines is 1. The molecular weight excluding hydrogens is 550 g/mol. The number of halogens is 1. The molecule has 8 nitrogen and oxygen atoms in total. The third-order valence-electron chi connectivity index (χ3n) is 6.58. The molecular formula is C30H36ClN3O5S. The monoisotopic (exact) mass is 585 g/mol. The molecule has 0 bridgehead atoms. The van der Waals surface area contributed by atoms with Gasteiger partial charge in [0.2, 0.25) is 11.8 Å². The maximum absolute atomic E-state index is 14.0. The van der Waals surface area contributed by atoms with Gasteiger partial charge in [-0.1, -0.05) is 54.4 Å². The number of carbonyl (C=O) groups excluding carboxylic acids is 2. The third-order valence-corrected chi connectivity index (χ3v) is 8.78. The molecule has 0 spiro atoms. The molecule has 0 radical (unpaired) electrons. The second-order valence-electron chi connectivity index (χ2n) is 9.45. The highest BCUT2D eigenvalue weighted by atomic mass is 35.5. The predicted molar refractivity (Wildman–Crippen MR) is 158 cm³/mol. The molecule has 10 heteroatoms. The lowest BCUT2D eigenvalue weighted by molar-refractivity contribution is -0.140. The van der Waals surface area contributed by atoms with Crippen molar-refractivity contribution in [3.05, 3.63) is 88.4 Å². The first-order valence-electron chi connectivity index (χ1n) is 13.1. The first-order chi connectivity index (χ1) is 19.0. The summed E-state index contributed by atoms with van der Waals surface area (Å²) in [4.78, 5) is 28.5. The Morgan fingerprint density at radius 2 is 1.62 bits per heavy atom. The zero-order valence-corrected chi connectivity index (χ0v) is 25.1. The lowest BCUT2D eigenvalue weighted by Crippen LogP contribution is -2.52. The summed E-state index contributed by atoms with van der Waals surface area (Å²) in [6.45, 7) is 7.26. The van der Waals surface area contributed by atoms with E-state index in [-0.39, 0.29) is 23.0 Å². The molecule has 1 atom stereocenters. The third kappa shape index (κ3) is 7.34. The number of nitrogens with zero attached hydrogens (tertiary/aromatic N) is 2. The van der Waals surface area contributed by atoms with E-state index in [0.717, 1.165) is 21.0 Å². The SMILES string of the molecule is CCNC(=O)[C@@H](CC)N(Cc1ccc(OC)cc1)C(=O)CN(c1ccc(C)c(Cl)c1)S(=O)(=O)c1ccc(C)cc1. The Morgan fingerprint density at radius 3 is 2.17 bits per heavy atom. The molecule has 0 saturated carbocycles. The topological polar surface area (TPSA) is 96.0 Å². The molecule has 0 fully saturated rings. The van der Waals surface area contributed by atoms with Crippen molar-refractivity contribution in [1.82, 2.24) is 10.2 Å². The molecule has 3 aromatic rings. The molecule has 3 rings (SSSR count). The van der Waals surface area contributed by atoms with Gasteiger partial charge in [-0.2, -0.15) is 0 Å². The fourth-order valence-corrected chi connectivity index (χ4v) is 5.82. The summed E-state index contributed by atoms with van der Waals surface area (Å²) < 4.78 is 34.1. The van der Waals surface area contributed by atoms with Crippen LogP contribution in [0.4, 0.5) is 5.69 Å². The van der Waals surface area contributed by atoms with Crippen molar-refractivity contribution in [3.63, 3.8) is 0 Å². The Balaban J connectivity index is 2.07. The lowest BCUT2D eigenvalue weighted by atomic mass is 10.1. The van der Waals surface area contributed by atoms with E-state index in [1.165, 1.54) is 23.1 Å². The highest BCUT2D eigenvalue weighted by Crippen LogP contribution is 2.29. The number of likely N-dealkylation sites (N-methyl/N-ethyl adjacent to an activating group) is 1. The van der Waals surface area contributed by atoms with Gasteiger partial charge in [0.25, 0.3) is 10.0 Å². The second kappa shape index (κ2) is 13.7. The first-order valence-corrected chi connectivity index (χ1v) is 14.9. The number of ether oxygens (including phenoxy) is 1. The molecule has 0 heterocycles. The van der Waals surface area contributed by atoms with E-state index in [4.69, 9.17) is 16.3 Å². The molecule has 3 aromatic carbocycles. The lowest BCUT2D eigenvalue weighted by Gasteiger charge is -2.33. The number of hydrogen-bond acceptors (Lipinski definition) is 5. The highest BCUT2D eigenvalue weighted by Gasteiger charge is 2.33. The van der Waals surface area contributed by atoms with E-state index in [9.17, 15) is 18.0 Å². The van der Waals surface area contributed by atoms with Crippen LogP contribution in [0.3, 0.4) is 0 Å². The fourth-order valence-electron chi connectivity index (χ4n) is 4.24. The summed E-state index contributed by atoms with van der Waals surface area (Å²) in [6, 6.07) is 17.6. The minimum Gasteiger partial charge on any atom is -0.497 e. The van der Waals surface area contributed by atoms with Gasteiger partial charge in [-0.3, -0.25) is 13.9 Å². The maximum Gasteiger partial charge on any atom is 0.264 e. The number of nitrogens with one attached hydrogen (secondary N) is 1. The minimum absolute atomic E-state index is 0.0417. The van der Waals surface area contributed by atoms with E-state index in [0.29, 0.717) is 23.7 Å². The van der Waals surface area contributed by atoms with Crippen LogP contribution in [0.15, 0.2) is 71.6 Å². The van der Waals surface area contributed by atoms with Gasteiger partial charge >= 0.3 is 0 Å². The Labute approximate surface area is 241 Å². The maximum atomic E-state index is 14.0. The summed E-state index contributed by atoms with van der Waals surface area (Å²) in [7, 11) is -2.60. The van der Waals surface area contributed by atoms with Crippen LogP contribution >= 0.6 is 11.6 Å². The van der Waals surface area contributed by atoms with E-state index in [1.807, 2.05) is 32.9 Å².